The molecule has 1 aliphatic heterocycles. The number of amides is 3. The molecule has 3 amide bonds. The summed E-state index contributed by atoms with van der Waals surface area (Å²) in [4.78, 5) is 33.4. The predicted octanol–water partition coefficient (Wildman–Crippen LogP) is 4.32. The van der Waals surface area contributed by atoms with Gasteiger partial charge in [0.1, 0.15) is 11.5 Å². The smallest absolute Gasteiger partial charge is 0.321 e. The van der Waals surface area contributed by atoms with E-state index in [9.17, 15) is 9.59 Å². The quantitative estimate of drug-likeness (QED) is 0.679. The first-order valence-electron chi connectivity index (χ1n) is 9.85. The van der Waals surface area contributed by atoms with Gasteiger partial charge in [-0.25, -0.2) is 9.78 Å². The standard InChI is InChI=1S/C22H24N4O3S/c1-14-11-19(15(2)29-14)21(27)25-7-9-26(10-8-25)22(28)24-18-6-4-5-17(12-18)20-13-30-16(3)23-20/h4-6,11-13H,7-10H2,1-3H3,(H,24,28). The number of rotatable bonds is 3. The summed E-state index contributed by atoms with van der Waals surface area (Å²) in [5.74, 6) is 1.31. The zero-order valence-corrected chi connectivity index (χ0v) is 18.1. The van der Waals surface area contributed by atoms with Crippen LogP contribution in [0.1, 0.15) is 26.9 Å². The first-order valence-corrected chi connectivity index (χ1v) is 10.7. The van der Waals surface area contributed by atoms with Crippen molar-refractivity contribution >= 4 is 29.0 Å². The molecule has 7 nitrogen and oxygen atoms in total. The number of piperazine rings is 1. The molecule has 0 saturated carbocycles. The van der Waals surface area contributed by atoms with Gasteiger partial charge < -0.3 is 19.5 Å². The second kappa shape index (κ2) is 8.31. The number of benzene rings is 1. The molecular formula is C22H24N4O3S. The van der Waals surface area contributed by atoms with E-state index in [2.05, 4.69) is 10.3 Å². The Morgan fingerprint density at radius 3 is 2.43 bits per heavy atom. The third-order valence-corrected chi connectivity index (χ3v) is 5.93. The van der Waals surface area contributed by atoms with Gasteiger partial charge in [0.2, 0.25) is 0 Å². The highest BCUT2D eigenvalue weighted by Gasteiger charge is 2.26. The van der Waals surface area contributed by atoms with Gasteiger partial charge in [0, 0.05) is 42.8 Å². The van der Waals surface area contributed by atoms with Crippen molar-refractivity contribution in [1.29, 1.82) is 0 Å². The van der Waals surface area contributed by atoms with Gasteiger partial charge in [0.05, 0.1) is 16.3 Å². The first-order chi connectivity index (χ1) is 14.4. The van der Waals surface area contributed by atoms with Crippen molar-refractivity contribution in [1.82, 2.24) is 14.8 Å². The Labute approximate surface area is 179 Å². The number of nitrogens with one attached hydrogen (secondary N) is 1. The second-order valence-corrected chi connectivity index (χ2v) is 8.43. The SMILES string of the molecule is Cc1cc(C(=O)N2CCN(C(=O)Nc3cccc(-c4csc(C)n4)c3)CC2)c(C)o1. The Morgan fingerprint density at radius 1 is 1.07 bits per heavy atom. The lowest BCUT2D eigenvalue weighted by atomic mass is 10.1. The summed E-state index contributed by atoms with van der Waals surface area (Å²) in [5.41, 5.74) is 3.20. The van der Waals surface area contributed by atoms with Gasteiger partial charge in [0.25, 0.3) is 5.91 Å². The molecule has 0 atom stereocenters. The molecule has 1 saturated heterocycles. The van der Waals surface area contributed by atoms with E-state index in [1.165, 1.54) is 0 Å². The Hall–Kier alpha value is -3.13. The average Bonchev–Trinajstić information content (AvgIpc) is 3.32. The molecule has 1 N–H and O–H groups in total. The van der Waals surface area contributed by atoms with E-state index in [0.717, 1.165) is 27.7 Å². The van der Waals surface area contributed by atoms with Crippen molar-refractivity contribution in [3.8, 4) is 11.3 Å². The second-order valence-electron chi connectivity index (χ2n) is 7.37. The number of carbonyl (C=O) groups is 2. The van der Waals surface area contributed by atoms with Gasteiger partial charge in [-0.1, -0.05) is 12.1 Å². The fourth-order valence-corrected chi connectivity index (χ4v) is 4.20. The molecule has 0 aliphatic carbocycles. The fraction of sp³-hybridized carbons (Fsp3) is 0.318. The highest BCUT2D eigenvalue weighted by Crippen LogP contribution is 2.24. The van der Waals surface area contributed by atoms with Crippen molar-refractivity contribution < 1.29 is 14.0 Å². The van der Waals surface area contributed by atoms with Crippen LogP contribution >= 0.6 is 11.3 Å². The maximum Gasteiger partial charge on any atom is 0.321 e. The molecule has 156 valence electrons. The third-order valence-electron chi connectivity index (χ3n) is 5.15. The van der Waals surface area contributed by atoms with E-state index >= 15 is 0 Å². The number of thiazole rings is 1. The van der Waals surface area contributed by atoms with Crippen LogP contribution in [0.4, 0.5) is 10.5 Å². The van der Waals surface area contributed by atoms with Gasteiger partial charge in [-0.3, -0.25) is 4.79 Å². The van der Waals surface area contributed by atoms with E-state index in [1.54, 1.807) is 34.1 Å². The molecule has 3 aromatic rings. The number of hydrogen-bond acceptors (Lipinski definition) is 5. The van der Waals surface area contributed by atoms with Gasteiger partial charge in [-0.15, -0.1) is 11.3 Å². The molecule has 0 bridgehead atoms. The van der Waals surface area contributed by atoms with E-state index in [-0.39, 0.29) is 11.9 Å². The lowest BCUT2D eigenvalue weighted by molar-refractivity contribution is 0.0670. The topological polar surface area (TPSA) is 78.7 Å². The van der Waals surface area contributed by atoms with Crippen molar-refractivity contribution in [2.75, 3.05) is 31.5 Å². The van der Waals surface area contributed by atoms with Crippen LogP contribution in [0.25, 0.3) is 11.3 Å². The van der Waals surface area contributed by atoms with Gasteiger partial charge >= 0.3 is 6.03 Å². The Morgan fingerprint density at radius 2 is 1.80 bits per heavy atom. The Balaban J connectivity index is 1.36. The molecule has 2 aromatic heterocycles. The fourth-order valence-electron chi connectivity index (χ4n) is 3.58. The number of carbonyl (C=O) groups excluding carboxylic acids is 2. The van der Waals surface area contributed by atoms with Crippen LogP contribution in [0.2, 0.25) is 0 Å². The number of hydrogen-bond donors (Lipinski definition) is 1. The maximum atomic E-state index is 12.7. The van der Waals surface area contributed by atoms with Crippen molar-refractivity contribution in [3.05, 3.63) is 57.8 Å². The van der Waals surface area contributed by atoms with Crippen LogP contribution in [0.15, 0.2) is 40.1 Å². The molecule has 1 aromatic carbocycles. The highest BCUT2D eigenvalue weighted by atomic mass is 32.1. The molecule has 8 heteroatoms. The van der Waals surface area contributed by atoms with Crippen LogP contribution < -0.4 is 5.32 Å². The van der Waals surface area contributed by atoms with Crippen LogP contribution in [-0.2, 0) is 0 Å². The van der Waals surface area contributed by atoms with Crippen LogP contribution in [0, 0.1) is 20.8 Å². The predicted molar refractivity (Wildman–Crippen MR) is 117 cm³/mol. The molecule has 4 rings (SSSR count). The Kier molecular flexibility index (Phi) is 5.59. The largest absolute Gasteiger partial charge is 0.466 e. The van der Waals surface area contributed by atoms with E-state index in [4.69, 9.17) is 4.42 Å². The molecule has 1 fully saturated rings. The lowest BCUT2D eigenvalue weighted by Gasteiger charge is -2.34. The number of anilines is 1. The summed E-state index contributed by atoms with van der Waals surface area (Å²) in [6, 6.07) is 9.29. The average molecular weight is 425 g/mol. The van der Waals surface area contributed by atoms with Crippen LogP contribution in [0.5, 0.6) is 0 Å². The van der Waals surface area contributed by atoms with Crippen molar-refractivity contribution in [3.63, 3.8) is 0 Å². The number of nitrogens with zero attached hydrogens (tertiary/aromatic N) is 3. The molecule has 0 spiro atoms. The summed E-state index contributed by atoms with van der Waals surface area (Å²) >= 11 is 1.60. The minimum Gasteiger partial charge on any atom is -0.466 e. The van der Waals surface area contributed by atoms with Gasteiger partial charge in [-0.2, -0.15) is 0 Å². The summed E-state index contributed by atoms with van der Waals surface area (Å²) in [5, 5.41) is 5.98. The third kappa shape index (κ3) is 4.23. The first kappa shape index (κ1) is 20.2. The minimum atomic E-state index is -0.163. The lowest BCUT2D eigenvalue weighted by Crippen LogP contribution is -2.51. The molecule has 1 aliphatic rings. The van der Waals surface area contributed by atoms with E-state index in [1.807, 2.05) is 43.5 Å². The maximum absolute atomic E-state index is 12.7. The summed E-state index contributed by atoms with van der Waals surface area (Å²) in [6.45, 7) is 7.56. The minimum absolute atomic E-state index is 0.0457. The normalized spacial score (nSPS) is 14.1. The Bertz CT molecular complexity index is 1080. The molecule has 0 radical (unpaired) electrons. The van der Waals surface area contributed by atoms with Crippen LogP contribution in [-0.4, -0.2) is 52.9 Å². The number of aryl methyl sites for hydroxylation is 3. The summed E-state index contributed by atoms with van der Waals surface area (Å²) < 4.78 is 5.47. The van der Waals surface area contributed by atoms with Crippen molar-refractivity contribution in [2.24, 2.45) is 0 Å². The molecule has 0 unspecified atom stereocenters. The monoisotopic (exact) mass is 424 g/mol. The highest BCUT2D eigenvalue weighted by molar-refractivity contribution is 7.09. The van der Waals surface area contributed by atoms with Crippen LogP contribution in [0.3, 0.4) is 0 Å². The molecule has 30 heavy (non-hydrogen) atoms. The molecule has 3 heterocycles. The van der Waals surface area contributed by atoms with Gasteiger partial charge in [-0.05, 0) is 39.0 Å². The summed E-state index contributed by atoms with van der Waals surface area (Å²) in [6.07, 6.45) is 0. The van der Waals surface area contributed by atoms with Crippen molar-refractivity contribution in [2.45, 2.75) is 20.8 Å². The summed E-state index contributed by atoms with van der Waals surface area (Å²) in [7, 11) is 0. The molecular weight excluding hydrogens is 400 g/mol. The van der Waals surface area contributed by atoms with Gasteiger partial charge in [0.15, 0.2) is 0 Å². The number of aromatic nitrogens is 1. The zero-order chi connectivity index (χ0) is 21.3. The van der Waals surface area contributed by atoms with E-state index < -0.39 is 0 Å². The zero-order valence-electron chi connectivity index (χ0n) is 17.3. The van der Waals surface area contributed by atoms with E-state index in [0.29, 0.717) is 37.5 Å². The number of urea groups is 1. The number of furan rings is 1.